The molecule has 1 aliphatic rings. The number of amides is 1. The molecular weight excluding hydrogens is 429 g/mol. The number of aromatic nitrogens is 2. The third-order valence-electron chi connectivity index (χ3n) is 6.03. The van der Waals surface area contributed by atoms with E-state index in [2.05, 4.69) is 5.32 Å². The van der Waals surface area contributed by atoms with E-state index in [0.29, 0.717) is 24.4 Å². The summed E-state index contributed by atoms with van der Waals surface area (Å²) in [6, 6.07) is 21.8. The maximum atomic E-state index is 13.2. The van der Waals surface area contributed by atoms with Crippen molar-refractivity contribution < 1.29 is 14.3 Å². The molecule has 3 aromatic carbocycles. The van der Waals surface area contributed by atoms with Gasteiger partial charge in [-0.3, -0.25) is 4.79 Å². The molecule has 1 aromatic heterocycles. The van der Waals surface area contributed by atoms with Crippen LogP contribution in [0, 0.1) is 5.82 Å². The van der Waals surface area contributed by atoms with Crippen LogP contribution in [0.5, 0.6) is 0 Å². The van der Waals surface area contributed by atoms with Crippen LogP contribution in [-0.4, -0.2) is 21.0 Å². The van der Waals surface area contributed by atoms with E-state index in [4.69, 9.17) is 9.97 Å². The summed E-state index contributed by atoms with van der Waals surface area (Å²) in [5.41, 5.74) is 7.20. The number of aryl methyl sites for hydroxylation is 2. The highest BCUT2D eigenvalue weighted by molar-refractivity contribution is 5.92. The van der Waals surface area contributed by atoms with Crippen LogP contribution in [0.25, 0.3) is 11.3 Å². The molecule has 1 amide bonds. The van der Waals surface area contributed by atoms with E-state index < -0.39 is 0 Å². The molecule has 34 heavy (non-hydrogen) atoms. The van der Waals surface area contributed by atoms with E-state index in [9.17, 15) is 14.3 Å². The van der Waals surface area contributed by atoms with Gasteiger partial charge in [-0.2, -0.15) is 0 Å². The Kier molecular flexibility index (Phi) is 6.14. The number of carbonyl (C=O) groups is 1. The van der Waals surface area contributed by atoms with E-state index >= 15 is 0 Å². The minimum Gasteiger partial charge on any atom is -0.392 e. The number of rotatable bonds is 6. The van der Waals surface area contributed by atoms with E-state index in [-0.39, 0.29) is 24.8 Å². The summed E-state index contributed by atoms with van der Waals surface area (Å²) in [6.45, 7) is 0.00407. The van der Waals surface area contributed by atoms with Crippen LogP contribution < -0.4 is 5.32 Å². The van der Waals surface area contributed by atoms with Gasteiger partial charge < -0.3 is 10.4 Å². The Labute approximate surface area is 197 Å². The molecule has 2 N–H and O–H groups in total. The summed E-state index contributed by atoms with van der Waals surface area (Å²) in [5.74, 6) is -0.0923. The normalized spacial score (nSPS) is 12.1. The van der Waals surface area contributed by atoms with Crippen molar-refractivity contribution in [2.45, 2.75) is 32.3 Å². The minimum absolute atomic E-state index is 0.00407. The second-order valence-corrected chi connectivity index (χ2v) is 8.48. The van der Waals surface area contributed by atoms with Crippen molar-refractivity contribution in [1.82, 2.24) is 9.97 Å². The number of nitrogens with zero attached hydrogens (tertiary/aromatic N) is 2. The summed E-state index contributed by atoms with van der Waals surface area (Å²) < 4.78 is 13.2. The molecule has 5 rings (SSSR count). The Morgan fingerprint density at radius 3 is 2.44 bits per heavy atom. The quantitative estimate of drug-likeness (QED) is 0.446. The zero-order valence-electron chi connectivity index (χ0n) is 18.6. The third-order valence-corrected chi connectivity index (χ3v) is 6.03. The van der Waals surface area contributed by atoms with Crippen LogP contribution in [0.3, 0.4) is 0 Å². The second kappa shape index (κ2) is 9.53. The van der Waals surface area contributed by atoms with Gasteiger partial charge >= 0.3 is 0 Å². The molecule has 5 nitrogen and oxygen atoms in total. The fraction of sp³-hybridized carbons (Fsp3) is 0.179. The topological polar surface area (TPSA) is 75.1 Å². The number of halogens is 1. The van der Waals surface area contributed by atoms with Crippen molar-refractivity contribution in [3.8, 4) is 11.3 Å². The standard InChI is InChI=1S/C28H24FN3O2/c29-22-10-6-19(7-11-22)16-26(34)32-28-25(15-18-4-2-1-3-5-18)30-27-23-12-8-20(17-33)14-21(23)9-13-24(27)31-28/h1-8,10-12,14,33H,9,13,15-17H2,(H,31,32,34). The van der Waals surface area contributed by atoms with Gasteiger partial charge in [-0.1, -0.05) is 60.7 Å². The summed E-state index contributed by atoms with van der Waals surface area (Å²) in [6.07, 6.45) is 2.15. The summed E-state index contributed by atoms with van der Waals surface area (Å²) >= 11 is 0. The SMILES string of the molecule is O=C(Cc1ccc(F)cc1)Nc1nc2c(nc1Cc1ccccc1)-c1ccc(CO)cc1CC2. The molecule has 0 spiro atoms. The summed E-state index contributed by atoms with van der Waals surface area (Å²) in [4.78, 5) is 22.6. The molecule has 4 aromatic rings. The summed E-state index contributed by atoms with van der Waals surface area (Å²) in [5, 5.41) is 12.4. The fourth-order valence-corrected chi connectivity index (χ4v) is 4.31. The number of aliphatic hydroxyl groups excluding tert-OH is 1. The lowest BCUT2D eigenvalue weighted by Gasteiger charge is -2.21. The number of anilines is 1. The molecule has 0 unspecified atom stereocenters. The highest BCUT2D eigenvalue weighted by atomic mass is 19.1. The van der Waals surface area contributed by atoms with Gasteiger partial charge in [-0.25, -0.2) is 14.4 Å². The predicted octanol–water partition coefficient (Wildman–Crippen LogP) is 4.65. The molecule has 0 saturated heterocycles. The van der Waals surface area contributed by atoms with Crippen LogP contribution in [0.4, 0.5) is 10.2 Å². The molecule has 0 bridgehead atoms. The highest BCUT2D eigenvalue weighted by Crippen LogP contribution is 2.34. The number of aliphatic hydroxyl groups is 1. The summed E-state index contributed by atoms with van der Waals surface area (Å²) in [7, 11) is 0. The van der Waals surface area contributed by atoms with Gasteiger partial charge in [0.25, 0.3) is 0 Å². The Bertz CT molecular complexity index is 1340. The van der Waals surface area contributed by atoms with Crippen molar-refractivity contribution in [1.29, 1.82) is 0 Å². The Morgan fingerprint density at radius 1 is 0.912 bits per heavy atom. The molecule has 0 fully saturated rings. The van der Waals surface area contributed by atoms with Gasteiger partial charge in [0.15, 0.2) is 5.82 Å². The van der Waals surface area contributed by atoms with Gasteiger partial charge in [0.2, 0.25) is 5.91 Å². The monoisotopic (exact) mass is 453 g/mol. The van der Waals surface area contributed by atoms with Crippen molar-refractivity contribution in [2.75, 3.05) is 5.32 Å². The smallest absolute Gasteiger partial charge is 0.229 e. The van der Waals surface area contributed by atoms with Gasteiger partial charge in [0.05, 0.1) is 30.1 Å². The van der Waals surface area contributed by atoms with Gasteiger partial charge in [0, 0.05) is 12.0 Å². The fourth-order valence-electron chi connectivity index (χ4n) is 4.31. The Balaban J connectivity index is 1.50. The first-order chi connectivity index (χ1) is 16.6. The third kappa shape index (κ3) is 4.72. The molecule has 1 heterocycles. The second-order valence-electron chi connectivity index (χ2n) is 8.48. The van der Waals surface area contributed by atoms with Crippen LogP contribution in [0.1, 0.15) is 33.6 Å². The van der Waals surface area contributed by atoms with Crippen molar-refractivity contribution in [3.63, 3.8) is 0 Å². The lowest BCUT2D eigenvalue weighted by molar-refractivity contribution is -0.115. The minimum atomic E-state index is -0.332. The number of carbonyl (C=O) groups excluding carboxylic acids is 1. The lowest BCUT2D eigenvalue weighted by atomic mass is 9.90. The van der Waals surface area contributed by atoms with Crippen LogP contribution in [0.15, 0.2) is 72.8 Å². The Hall–Kier alpha value is -3.90. The maximum Gasteiger partial charge on any atom is 0.229 e. The van der Waals surface area contributed by atoms with Crippen LogP contribution in [0.2, 0.25) is 0 Å². The Morgan fingerprint density at radius 2 is 1.68 bits per heavy atom. The first-order valence-electron chi connectivity index (χ1n) is 11.3. The van der Waals surface area contributed by atoms with Gasteiger partial charge in [-0.15, -0.1) is 0 Å². The highest BCUT2D eigenvalue weighted by Gasteiger charge is 2.23. The number of nitrogens with one attached hydrogen (secondary N) is 1. The van der Waals surface area contributed by atoms with Crippen molar-refractivity contribution in [2.24, 2.45) is 0 Å². The molecule has 0 aliphatic heterocycles. The molecule has 0 saturated carbocycles. The van der Waals surface area contributed by atoms with E-state index in [1.807, 2.05) is 48.5 Å². The first-order valence-corrected chi connectivity index (χ1v) is 11.3. The number of hydrogen-bond acceptors (Lipinski definition) is 4. The van der Waals surface area contributed by atoms with E-state index in [0.717, 1.165) is 45.6 Å². The average Bonchev–Trinajstić information content (AvgIpc) is 2.86. The van der Waals surface area contributed by atoms with E-state index in [1.165, 1.54) is 12.1 Å². The van der Waals surface area contributed by atoms with Crippen LogP contribution >= 0.6 is 0 Å². The number of benzene rings is 3. The zero-order chi connectivity index (χ0) is 23.5. The predicted molar refractivity (Wildman–Crippen MR) is 129 cm³/mol. The average molecular weight is 454 g/mol. The molecule has 6 heteroatoms. The van der Waals surface area contributed by atoms with Gasteiger partial charge in [-0.05, 0) is 47.2 Å². The van der Waals surface area contributed by atoms with E-state index in [1.54, 1.807) is 12.1 Å². The number of hydrogen-bond donors (Lipinski definition) is 2. The molecule has 0 atom stereocenters. The lowest BCUT2D eigenvalue weighted by Crippen LogP contribution is -2.20. The largest absolute Gasteiger partial charge is 0.392 e. The molecule has 1 aliphatic carbocycles. The maximum absolute atomic E-state index is 13.2. The first kappa shape index (κ1) is 21.9. The van der Waals surface area contributed by atoms with Crippen LogP contribution in [-0.2, 0) is 37.1 Å². The molecular formula is C28H24FN3O2. The molecule has 0 radical (unpaired) electrons. The molecule has 170 valence electrons. The van der Waals surface area contributed by atoms with Crippen molar-refractivity contribution in [3.05, 3.63) is 112 Å². The zero-order valence-corrected chi connectivity index (χ0v) is 18.6. The van der Waals surface area contributed by atoms with Gasteiger partial charge in [0.1, 0.15) is 5.82 Å². The number of fused-ring (bicyclic) bond motifs is 3. The van der Waals surface area contributed by atoms with Crippen molar-refractivity contribution >= 4 is 11.7 Å².